The molecule has 0 aromatic heterocycles. The topological polar surface area (TPSA) is 29.1 Å². The molecular weight excluding hydrogens is 198 g/mol. The Morgan fingerprint density at radius 2 is 1.88 bits per heavy atom. The summed E-state index contributed by atoms with van der Waals surface area (Å²) in [5.41, 5.74) is 1.24. The van der Waals surface area contributed by atoms with Crippen molar-refractivity contribution in [1.29, 1.82) is 0 Å². The van der Waals surface area contributed by atoms with Crippen molar-refractivity contribution in [3.05, 3.63) is 35.9 Å². The van der Waals surface area contributed by atoms with Gasteiger partial charge in [0.05, 0.1) is 6.04 Å². The van der Waals surface area contributed by atoms with Gasteiger partial charge in [-0.2, -0.15) is 0 Å². The third kappa shape index (κ3) is 2.63. The Kier molecular flexibility index (Phi) is 3.28. The van der Waals surface area contributed by atoms with Crippen LogP contribution in [0.4, 0.5) is 0 Å². The Bertz CT molecular complexity index is 354. The van der Waals surface area contributed by atoms with Crippen LogP contribution in [0.3, 0.4) is 0 Å². The summed E-state index contributed by atoms with van der Waals surface area (Å²) >= 11 is 0. The van der Waals surface area contributed by atoms with E-state index in [0.717, 1.165) is 0 Å². The second-order valence-electron chi connectivity index (χ2n) is 4.89. The van der Waals surface area contributed by atoms with Gasteiger partial charge in [-0.05, 0) is 24.3 Å². The molecule has 0 radical (unpaired) electrons. The maximum Gasteiger partial charge on any atom is 0.223 e. The lowest BCUT2D eigenvalue weighted by molar-refractivity contribution is -0.124. The number of benzene rings is 1. The maximum atomic E-state index is 11.7. The van der Waals surface area contributed by atoms with Gasteiger partial charge in [0, 0.05) is 5.92 Å². The summed E-state index contributed by atoms with van der Waals surface area (Å²) in [6.07, 6.45) is 2.47. The van der Waals surface area contributed by atoms with E-state index in [9.17, 15) is 4.79 Å². The third-order valence-corrected chi connectivity index (χ3v) is 3.07. The molecule has 1 saturated carbocycles. The smallest absolute Gasteiger partial charge is 0.223 e. The largest absolute Gasteiger partial charge is 0.349 e. The highest BCUT2D eigenvalue weighted by molar-refractivity contribution is 5.78. The lowest BCUT2D eigenvalue weighted by Gasteiger charge is -2.20. The van der Waals surface area contributed by atoms with Gasteiger partial charge < -0.3 is 5.32 Å². The van der Waals surface area contributed by atoms with E-state index in [4.69, 9.17) is 0 Å². The predicted octanol–water partition coefficient (Wildman–Crippen LogP) is 2.91. The third-order valence-electron chi connectivity index (χ3n) is 3.07. The van der Waals surface area contributed by atoms with E-state index in [2.05, 4.69) is 17.4 Å². The predicted molar refractivity (Wildman–Crippen MR) is 64.9 cm³/mol. The highest BCUT2D eigenvalue weighted by atomic mass is 16.1. The normalized spacial score (nSPS) is 17.2. The lowest BCUT2D eigenvalue weighted by atomic mass is 10.0. The number of hydrogen-bond acceptors (Lipinski definition) is 1. The highest BCUT2D eigenvalue weighted by Gasteiger charge is 2.33. The van der Waals surface area contributed by atoms with E-state index >= 15 is 0 Å². The number of rotatable bonds is 4. The first-order valence-electron chi connectivity index (χ1n) is 6.04. The van der Waals surface area contributed by atoms with E-state index in [1.165, 1.54) is 18.4 Å². The second kappa shape index (κ2) is 4.69. The van der Waals surface area contributed by atoms with Crippen molar-refractivity contribution in [2.45, 2.75) is 32.7 Å². The van der Waals surface area contributed by atoms with Crippen LogP contribution in [-0.2, 0) is 4.79 Å². The zero-order valence-electron chi connectivity index (χ0n) is 9.94. The summed E-state index contributed by atoms with van der Waals surface area (Å²) in [4.78, 5) is 11.7. The van der Waals surface area contributed by atoms with Crippen molar-refractivity contribution in [2.75, 3.05) is 0 Å². The summed E-state index contributed by atoms with van der Waals surface area (Å²) in [6.45, 7) is 3.87. The summed E-state index contributed by atoms with van der Waals surface area (Å²) in [7, 11) is 0. The standard InChI is InChI=1S/C14H19NO/c1-10(2)14(16)15-13(12-8-9-12)11-6-4-3-5-7-11/h3-7,10,12-13H,8-9H2,1-2H3,(H,15,16). The summed E-state index contributed by atoms with van der Waals surface area (Å²) < 4.78 is 0. The van der Waals surface area contributed by atoms with Crippen LogP contribution >= 0.6 is 0 Å². The molecule has 86 valence electrons. The SMILES string of the molecule is CC(C)C(=O)NC(c1ccccc1)C1CC1. The minimum Gasteiger partial charge on any atom is -0.349 e. The van der Waals surface area contributed by atoms with Crippen molar-refractivity contribution in [1.82, 2.24) is 5.32 Å². The quantitative estimate of drug-likeness (QED) is 0.825. The fourth-order valence-electron chi connectivity index (χ4n) is 1.88. The van der Waals surface area contributed by atoms with Gasteiger partial charge in [-0.3, -0.25) is 4.79 Å². The minimum absolute atomic E-state index is 0.0602. The molecule has 2 heteroatoms. The molecule has 1 aliphatic rings. The van der Waals surface area contributed by atoms with Crippen LogP contribution in [0.25, 0.3) is 0 Å². The molecule has 1 aliphatic carbocycles. The molecule has 1 atom stereocenters. The number of hydrogen-bond donors (Lipinski definition) is 1. The van der Waals surface area contributed by atoms with Crippen LogP contribution in [0.15, 0.2) is 30.3 Å². The molecule has 1 fully saturated rings. The Balaban J connectivity index is 2.09. The second-order valence-corrected chi connectivity index (χ2v) is 4.89. The van der Waals surface area contributed by atoms with E-state index in [0.29, 0.717) is 5.92 Å². The summed E-state index contributed by atoms with van der Waals surface area (Å²) in [5, 5.41) is 3.16. The molecule has 1 aromatic rings. The fourth-order valence-corrected chi connectivity index (χ4v) is 1.88. The minimum atomic E-state index is 0.0602. The van der Waals surface area contributed by atoms with Gasteiger partial charge in [0.15, 0.2) is 0 Å². The zero-order valence-corrected chi connectivity index (χ0v) is 9.94. The highest BCUT2D eigenvalue weighted by Crippen LogP contribution is 2.40. The number of nitrogens with one attached hydrogen (secondary N) is 1. The van der Waals surface area contributed by atoms with Crippen LogP contribution in [0.1, 0.15) is 38.3 Å². The first-order chi connectivity index (χ1) is 7.68. The summed E-state index contributed by atoms with van der Waals surface area (Å²) in [5.74, 6) is 0.857. The van der Waals surface area contributed by atoms with Crippen LogP contribution in [0, 0.1) is 11.8 Å². The molecule has 0 bridgehead atoms. The van der Waals surface area contributed by atoms with Gasteiger partial charge >= 0.3 is 0 Å². The van der Waals surface area contributed by atoms with Gasteiger partial charge in [0.25, 0.3) is 0 Å². The molecule has 1 unspecified atom stereocenters. The van der Waals surface area contributed by atoms with E-state index in [-0.39, 0.29) is 17.9 Å². The van der Waals surface area contributed by atoms with E-state index < -0.39 is 0 Å². The molecule has 1 N–H and O–H groups in total. The van der Waals surface area contributed by atoms with E-state index in [1.807, 2.05) is 32.0 Å². The molecule has 16 heavy (non-hydrogen) atoms. The number of amides is 1. The summed E-state index contributed by atoms with van der Waals surface area (Å²) in [6, 6.07) is 10.5. The van der Waals surface area contributed by atoms with Gasteiger partial charge in [0.2, 0.25) is 5.91 Å². The van der Waals surface area contributed by atoms with Gasteiger partial charge in [-0.1, -0.05) is 44.2 Å². The van der Waals surface area contributed by atoms with Crippen LogP contribution < -0.4 is 5.32 Å². The lowest BCUT2D eigenvalue weighted by Crippen LogP contribution is -2.32. The first-order valence-corrected chi connectivity index (χ1v) is 6.04. The van der Waals surface area contributed by atoms with Crippen molar-refractivity contribution in [3.8, 4) is 0 Å². The number of carbonyl (C=O) groups is 1. The van der Waals surface area contributed by atoms with Crippen LogP contribution in [-0.4, -0.2) is 5.91 Å². The number of carbonyl (C=O) groups excluding carboxylic acids is 1. The molecule has 1 aromatic carbocycles. The molecule has 0 heterocycles. The monoisotopic (exact) mass is 217 g/mol. The van der Waals surface area contributed by atoms with Gasteiger partial charge in [0.1, 0.15) is 0 Å². The Hall–Kier alpha value is -1.31. The maximum absolute atomic E-state index is 11.7. The van der Waals surface area contributed by atoms with Crippen molar-refractivity contribution < 1.29 is 4.79 Å². The molecule has 1 amide bonds. The Labute approximate surface area is 97.1 Å². The molecule has 0 saturated heterocycles. The molecule has 0 aliphatic heterocycles. The fraction of sp³-hybridized carbons (Fsp3) is 0.500. The average Bonchev–Trinajstić information content (AvgIpc) is 3.10. The van der Waals surface area contributed by atoms with Crippen LogP contribution in [0.2, 0.25) is 0 Å². The Morgan fingerprint density at radius 3 is 2.38 bits per heavy atom. The first kappa shape index (κ1) is 11.2. The molecular formula is C14H19NO. The Morgan fingerprint density at radius 1 is 1.25 bits per heavy atom. The van der Waals surface area contributed by atoms with Crippen molar-refractivity contribution in [2.24, 2.45) is 11.8 Å². The van der Waals surface area contributed by atoms with Gasteiger partial charge in [-0.15, -0.1) is 0 Å². The van der Waals surface area contributed by atoms with Crippen LogP contribution in [0.5, 0.6) is 0 Å². The van der Waals surface area contributed by atoms with Gasteiger partial charge in [-0.25, -0.2) is 0 Å². The molecule has 2 rings (SSSR count). The molecule has 2 nitrogen and oxygen atoms in total. The molecule has 0 spiro atoms. The van der Waals surface area contributed by atoms with Crippen molar-refractivity contribution >= 4 is 5.91 Å². The average molecular weight is 217 g/mol. The van der Waals surface area contributed by atoms with Crippen molar-refractivity contribution in [3.63, 3.8) is 0 Å². The zero-order chi connectivity index (χ0) is 11.5. The van der Waals surface area contributed by atoms with E-state index in [1.54, 1.807) is 0 Å².